The maximum atomic E-state index is 12.2. The fourth-order valence-corrected chi connectivity index (χ4v) is 3.19. The molecule has 0 heterocycles. The molecule has 0 bridgehead atoms. The molecule has 0 spiro atoms. The van der Waals surface area contributed by atoms with Gasteiger partial charge in [-0.25, -0.2) is 5.43 Å². The van der Waals surface area contributed by atoms with Gasteiger partial charge >= 0.3 is 0 Å². The van der Waals surface area contributed by atoms with Gasteiger partial charge in [-0.3, -0.25) is 4.79 Å². The monoisotopic (exact) mass is 472 g/mol. The maximum Gasteiger partial charge on any atom is 0.271 e. The van der Waals surface area contributed by atoms with Crippen LogP contribution in [-0.4, -0.2) is 25.8 Å². The number of benzene rings is 3. The van der Waals surface area contributed by atoms with Crippen molar-refractivity contribution in [1.29, 1.82) is 0 Å². The van der Waals surface area contributed by atoms with Gasteiger partial charge in [0.25, 0.3) is 5.91 Å². The van der Waals surface area contributed by atoms with E-state index in [-0.39, 0.29) is 5.91 Å². The Morgan fingerprint density at radius 3 is 2.41 bits per heavy atom. The first-order chi connectivity index (χ1) is 15.5. The summed E-state index contributed by atoms with van der Waals surface area (Å²) < 4.78 is 16.6. The zero-order chi connectivity index (χ0) is 22.9. The van der Waals surface area contributed by atoms with Gasteiger partial charge in [-0.15, -0.1) is 0 Å². The van der Waals surface area contributed by atoms with Crippen molar-refractivity contribution < 1.29 is 19.0 Å². The van der Waals surface area contributed by atoms with E-state index >= 15 is 0 Å². The van der Waals surface area contributed by atoms with Crippen LogP contribution in [0.1, 0.15) is 28.4 Å². The van der Waals surface area contributed by atoms with Gasteiger partial charge in [0, 0.05) is 10.6 Å². The molecule has 0 fully saturated rings. The highest BCUT2D eigenvalue weighted by molar-refractivity contribution is 6.32. The first kappa shape index (κ1) is 23.4. The molecule has 0 aliphatic heterocycles. The molecule has 0 atom stereocenters. The molecule has 166 valence electrons. The number of rotatable bonds is 9. The Morgan fingerprint density at radius 1 is 1.03 bits per heavy atom. The van der Waals surface area contributed by atoms with Crippen molar-refractivity contribution in [2.75, 3.05) is 13.7 Å². The number of nitrogens with one attached hydrogen (secondary N) is 1. The van der Waals surface area contributed by atoms with Crippen LogP contribution in [0.3, 0.4) is 0 Å². The molecule has 3 aromatic rings. The lowest BCUT2D eigenvalue weighted by Gasteiger charge is -2.13. The smallest absolute Gasteiger partial charge is 0.271 e. The Kier molecular flexibility index (Phi) is 8.36. The van der Waals surface area contributed by atoms with Gasteiger partial charge in [0.05, 0.1) is 25.0 Å². The summed E-state index contributed by atoms with van der Waals surface area (Å²) >= 11 is 12.3. The largest absolute Gasteiger partial charge is 0.494 e. The standard InChI is InChI=1S/C24H22Cl2N2O4/c1-3-31-20-10-6-18(7-11-20)24(29)28-27-14-17-12-21(26)23(22(13-17)30-2)32-15-16-4-8-19(25)9-5-16/h4-14H,3,15H2,1-2H3,(H,28,29)/b27-14-. The lowest BCUT2D eigenvalue weighted by molar-refractivity contribution is 0.0955. The third kappa shape index (κ3) is 6.39. The third-order valence-electron chi connectivity index (χ3n) is 4.36. The zero-order valence-electron chi connectivity index (χ0n) is 17.6. The first-order valence-electron chi connectivity index (χ1n) is 9.81. The number of methoxy groups -OCH3 is 1. The molecule has 8 heteroatoms. The molecule has 0 unspecified atom stereocenters. The zero-order valence-corrected chi connectivity index (χ0v) is 19.1. The maximum absolute atomic E-state index is 12.2. The topological polar surface area (TPSA) is 69.2 Å². The summed E-state index contributed by atoms with van der Waals surface area (Å²) in [4.78, 5) is 12.2. The summed E-state index contributed by atoms with van der Waals surface area (Å²) in [5, 5.41) is 5.02. The van der Waals surface area contributed by atoms with Crippen molar-refractivity contribution in [3.8, 4) is 17.2 Å². The Balaban J connectivity index is 1.64. The molecule has 32 heavy (non-hydrogen) atoms. The second kappa shape index (κ2) is 11.4. The molecular weight excluding hydrogens is 451 g/mol. The van der Waals surface area contributed by atoms with Gasteiger partial charge in [-0.1, -0.05) is 35.3 Å². The highest BCUT2D eigenvalue weighted by Gasteiger charge is 2.12. The van der Waals surface area contributed by atoms with Crippen LogP contribution in [0.25, 0.3) is 0 Å². The third-order valence-corrected chi connectivity index (χ3v) is 4.89. The molecule has 0 radical (unpaired) electrons. The number of hydrogen-bond donors (Lipinski definition) is 1. The lowest BCUT2D eigenvalue weighted by atomic mass is 10.2. The molecule has 1 amide bonds. The molecule has 0 aliphatic rings. The number of ether oxygens (including phenoxy) is 3. The minimum Gasteiger partial charge on any atom is -0.494 e. The number of halogens is 2. The van der Waals surface area contributed by atoms with E-state index in [1.807, 2.05) is 19.1 Å². The van der Waals surface area contributed by atoms with Gasteiger partial charge in [-0.2, -0.15) is 5.10 Å². The molecule has 1 N–H and O–H groups in total. The predicted molar refractivity (Wildman–Crippen MR) is 126 cm³/mol. The van der Waals surface area contributed by atoms with Crippen LogP contribution in [0, 0.1) is 0 Å². The van der Waals surface area contributed by atoms with Crippen molar-refractivity contribution in [1.82, 2.24) is 5.43 Å². The summed E-state index contributed by atoms with van der Waals surface area (Å²) in [6.45, 7) is 2.76. The first-order valence-corrected chi connectivity index (χ1v) is 10.6. The molecule has 3 rings (SSSR count). The number of carbonyl (C=O) groups is 1. The van der Waals surface area contributed by atoms with Gasteiger partial charge in [-0.05, 0) is 66.6 Å². The van der Waals surface area contributed by atoms with E-state index in [2.05, 4.69) is 10.5 Å². The Bertz CT molecular complexity index is 1080. The Morgan fingerprint density at radius 2 is 1.75 bits per heavy atom. The quantitative estimate of drug-likeness (QED) is 0.318. The highest BCUT2D eigenvalue weighted by atomic mass is 35.5. The fraction of sp³-hybridized carbons (Fsp3) is 0.167. The molecule has 0 saturated heterocycles. The summed E-state index contributed by atoms with van der Waals surface area (Å²) in [7, 11) is 1.52. The summed E-state index contributed by atoms with van der Waals surface area (Å²) in [6.07, 6.45) is 1.48. The lowest BCUT2D eigenvalue weighted by Crippen LogP contribution is -2.17. The minimum atomic E-state index is -0.342. The molecule has 0 saturated carbocycles. The van der Waals surface area contributed by atoms with Crippen molar-refractivity contribution in [2.24, 2.45) is 5.10 Å². The number of nitrogens with zero attached hydrogens (tertiary/aromatic N) is 1. The predicted octanol–water partition coefficient (Wildman–Crippen LogP) is 5.74. The van der Waals surface area contributed by atoms with Crippen LogP contribution in [0.4, 0.5) is 0 Å². The molecule has 6 nitrogen and oxygen atoms in total. The van der Waals surface area contributed by atoms with Gasteiger partial charge in [0.2, 0.25) is 0 Å². The van der Waals surface area contributed by atoms with Crippen LogP contribution in [0.5, 0.6) is 17.2 Å². The number of hydrazone groups is 1. The number of hydrogen-bond acceptors (Lipinski definition) is 5. The van der Waals surface area contributed by atoms with E-state index in [1.165, 1.54) is 13.3 Å². The van der Waals surface area contributed by atoms with Crippen LogP contribution in [0.15, 0.2) is 65.8 Å². The average Bonchev–Trinajstić information content (AvgIpc) is 2.80. The molecular formula is C24H22Cl2N2O4. The van der Waals surface area contributed by atoms with Crippen molar-refractivity contribution in [3.05, 3.63) is 87.4 Å². The molecule has 0 aliphatic carbocycles. The van der Waals surface area contributed by atoms with Gasteiger partial charge in [0.1, 0.15) is 12.4 Å². The summed E-state index contributed by atoms with van der Waals surface area (Å²) in [6, 6.07) is 17.5. The second-order valence-corrected chi connectivity index (χ2v) is 7.45. The van der Waals surface area contributed by atoms with Crippen LogP contribution in [-0.2, 0) is 6.61 Å². The van der Waals surface area contributed by atoms with Crippen molar-refractivity contribution >= 4 is 35.3 Å². The van der Waals surface area contributed by atoms with Crippen LogP contribution >= 0.6 is 23.2 Å². The fourth-order valence-electron chi connectivity index (χ4n) is 2.79. The van der Waals surface area contributed by atoms with E-state index in [9.17, 15) is 4.79 Å². The molecule has 3 aromatic carbocycles. The average molecular weight is 473 g/mol. The minimum absolute atomic E-state index is 0.304. The normalized spacial score (nSPS) is 10.8. The van der Waals surface area contributed by atoms with Crippen LogP contribution < -0.4 is 19.6 Å². The van der Waals surface area contributed by atoms with Crippen molar-refractivity contribution in [3.63, 3.8) is 0 Å². The summed E-state index contributed by atoms with van der Waals surface area (Å²) in [5.41, 5.74) is 4.53. The Labute approximate surface area is 196 Å². The van der Waals surface area contributed by atoms with E-state index in [1.54, 1.807) is 48.5 Å². The number of carbonyl (C=O) groups excluding carboxylic acids is 1. The number of amides is 1. The van der Waals surface area contributed by atoms with Crippen LogP contribution in [0.2, 0.25) is 10.0 Å². The highest BCUT2D eigenvalue weighted by Crippen LogP contribution is 2.36. The van der Waals surface area contributed by atoms with E-state index in [4.69, 9.17) is 37.4 Å². The van der Waals surface area contributed by atoms with Gasteiger partial charge < -0.3 is 14.2 Å². The van der Waals surface area contributed by atoms with E-state index < -0.39 is 0 Å². The Hall–Kier alpha value is -3.22. The van der Waals surface area contributed by atoms with E-state index in [0.29, 0.717) is 51.6 Å². The summed E-state index contributed by atoms with van der Waals surface area (Å²) in [5.74, 6) is 1.23. The van der Waals surface area contributed by atoms with Crippen molar-refractivity contribution in [2.45, 2.75) is 13.5 Å². The van der Waals surface area contributed by atoms with Gasteiger partial charge in [0.15, 0.2) is 11.5 Å². The second-order valence-electron chi connectivity index (χ2n) is 6.61. The molecule has 0 aromatic heterocycles. The van der Waals surface area contributed by atoms with E-state index in [0.717, 1.165) is 5.56 Å². The SMILES string of the molecule is CCOc1ccc(C(=O)N/N=C\c2cc(Cl)c(OCc3ccc(Cl)cc3)c(OC)c2)cc1.